The van der Waals surface area contributed by atoms with Crippen molar-refractivity contribution in [2.75, 3.05) is 19.8 Å². The van der Waals surface area contributed by atoms with E-state index in [2.05, 4.69) is 10.3 Å². The standard InChI is InChI=1S/C23H26ClN3O4S/c1-3-30-22(29)20-14(2)26-23-27(21(20)15-6-8-16(24)9-7-15)17(13-32-23)11-19(28)25-12-18-5-4-10-31-18/h6-9,13,18,21H,3-5,10-12H2,1-2H3,(H,25,28)/t18-,21+/m1/s1. The van der Waals surface area contributed by atoms with Gasteiger partial charge in [-0.15, -0.1) is 0 Å². The minimum absolute atomic E-state index is 0.0841. The molecular formula is C23H26ClN3O4S. The summed E-state index contributed by atoms with van der Waals surface area (Å²) >= 11 is 7.55. The summed E-state index contributed by atoms with van der Waals surface area (Å²) in [5.74, 6) is -0.501. The number of fused-ring (bicyclic) bond motifs is 1. The second-order valence-corrected chi connectivity index (χ2v) is 9.05. The molecule has 3 aliphatic heterocycles. The first-order chi connectivity index (χ1) is 15.5. The van der Waals surface area contributed by atoms with Gasteiger partial charge in [0.2, 0.25) is 5.91 Å². The number of hydrogen-bond donors (Lipinski definition) is 1. The lowest BCUT2D eigenvalue weighted by molar-refractivity contribution is -0.139. The van der Waals surface area contributed by atoms with Crippen molar-refractivity contribution in [3.8, 4) is 0 Å². The molecule has 1 fully saturated rings. The fourth-order valence-corrected chi connectivity index (χ4v) is 5.15. The van der Waals surface area contributed by atoms with Crippen LogP contribution in [0.3, 0.4) is 0 Å². The largest absolute Gasteiger partial charge is 0.463 e. The molecule has 3 heterocycles. The summed E-state index contributed by atoms with van der Waals surface area (Å²) in [6.45, 7) is 5.11. The average molecular weight is 476 g/mol. The van der Waals surface area contributed by atoms with Crippen LogP contribution in [-0.4, -0.2) is 47.8 Å². The molecule has 0 saturated carbocycles. The smallest absolute Gasteiger partial charge is 0.338 e. The number of hydrogen-bond acceptors (Lipinski definition) is 7. The fraction of sp³-hybridized carbons (Fsp3) is 0.435. The van der Waals surface area contributed by atoms with E-state index in [4.69, 9.17) is 21.1 Å². The SMILES string of the molecule is CCOC(=O)C1=C(C)N=C2SC=C(CC(=O)NC[C@H]3CCCO3)N2[C@H]1c1ccc(Cl)cc1. The zero-order chi connectivity index (χ0) is 22.7. The molecule has 1 aromatic rings. The van der Waals surface area contributed by atoms with Crippen molar-refractivity contribution in [3.63, 3.8) is 0 Å². The Labute approximate surface area is 196 Å². The average Bonchev–Trinajstić information content (AvgIpc) is 3.42. The van der Waals surface area contributed by atoms with Gasteiger partial charge in [-0.3, -0.25) is 4.79 Å². The highest BCUT2D eigenvalue weighted by atomic mass is 35.5. The third kappa shape index (κ3) is 4.87. The van der Waals surface area contributed by atoms with Crippen LogP contribution in [0.1, 0.15) is 44.7 Å². The summed E-state index contributed by atoms with van der Waals surface area (Å²) in [7, 11) is 0. The normalized spacial score (nSPS) is 22.4. The third-order valence-electron chi connectivity index (χ3n) is 5.57. The Morgan fingerprint density at radius 3 is 2.81 bits per heavy atom. The molecule has 0 radical (unpaired) electrons. The maximum Gasteiger partial charge on any atom is 0.338 e. The number of ether oxygens (including phenoxy) is 2. The Kier molecular flexibility index (Phi) is 7.23. The molecule has 0 unspecified atom stereocenters. The van der Waals surface area contributed by atoms with Crippen molar-refractivity contribution in [2.45, 2.75) is 45.3 Å². The number of amides is 1. The minimum Gasteiger partial charge on any atom is -0.463 e. The molecule has 1 amide bonds. The first-order valence-electron chi connectivity index (χ1n) is 10.7. The first-order valence-corrected chi connectivity index (χ1v) is 12.0. The molecule has 1 aromatic carbocycles. The number of esters is 1. The van der Waals surface area contributed by atoms with Crippen molar-refractivity contribution in [2.24, 2.45) is 4.99 Å². The van der Waals surface area contributed by atoms with Crippen molar-refractivity contribution in [1.29, 1.82) is 0 Å². The summed E-state index contributed by atoms with van der Waals surface area (Å²) < 4.78 is 10.9. The molecule has 3 aliphatic rings. The summed E-state index contributed by atoms with van der Waals surface area (Å²) in [4.78, 5) is 32.2. The van der Waals surface area contributed by atoms with E-state index in [0.717, 1.165) is 35.9 Å². The molecule has 9 heteroatoms. The summed E-state index contributed by atoms with van der Waals surface area (Å²) in [6.07, 6.45) is 2.26. The summed E-state index contributed by atoms with van der Waals surface area (Å²) in [6, 6.07) is 6.91. The number of nitrogens with zero attached hydrogens (tertiary/aromatic N) is 2. The predicted octanol–water partition coefficient (Wildman–Crippen LogP) is 4.16. The van der Waals surface area contributed by atoms with E-state index in [1.54, 1.807) is 19.1 Å². The molecule has 0 aliphatic carbocycles. The molecule has 0 spiro atoms. The van der Waals surface area contributed by atoms with Gasteiger partial charge in [0.05, 0.1) is 36.4 Å². The maximum atomic E-state index is 12.9. The predicted molar refractivity (Wildman–Crippen MR) is 125 cm³/mol. The number of rotatable bonds is 7. The highest BCUT2D eigenvalue weighted by Crippen LogP contribution is 2.44. The van der Waals surface area contributed by atoms with Crippen LogP contribution in [0.25, 0.3) is 0 Å². The molecule has 2 atom stereocenters. The monoisotopic (exact) mass is 475 g/mol. The maximum absolute atomic E-state index is 12.9. The molecule has 4 rings (SSSR count). The van der Waals surface area contributed by atoms with Gasteiger partial charge in [0, 0.05) is 23.9 Å². The van der Waals surface area contributed by atoms with Crippen molar-refractivity contribution < 1.29 is 19.1 Å². The highest BCUT2D eigenvalue weighted by Gasteiger charge is 2.41. The van der Waals surface area contributed by atoms with E-state index in [9.17, 15) is 9.59 Å². The molecular weight excluding hydrogens is 450 g/mol. The first kappa shape index (κ1) is 22.9. The Bertz CT molecular complexity index is 983. The number of thioether (sulfide) groups is 1. The molecule has 0 bridgehead atoms. The minimum atomic E-state index is -0.453. The van der Waals surface area contributed by atoms with E-state index < -0.39 is 12.0 Å². The van der Waals surface area contributed by atoms with Gasteiger partial charge in [-0.25, -0.2) is 9.79 Å². The van der Waals surface area contributed by atoms with Crippen molar-refractivity contribution in [3.05, 3.63) is 57.2 Å². The number of carbonyl (C=O) groups excluding carboxylic acids is 2. The Balaban J connectivity index is 1.59. The van der Waals surface area contributed by atoms with E-state index in [1.165, 1.54) is 11.8 Å². The van der Waals surface area contributed by atoms with Gasteiger partial charge in [-0.2, -0.15) is 0 Å². The van der Waals surface area contributed by atoms with E-state index >= 15 is 0 Å². The molecule has 32 heavy (non-hydrogen) atoms. The van der Waals surface area contributed by atoms with Crippen LogP contribution in [0.15, 0.2) is 51.6 Å². The van der Waals surface area contributed by atoms with Gasteiger partial charge < -0.3 is 19.7 Å². The fourth-order valence-electron chi connectivity index (χ4n) is 4.06. The van der Waals surface area contributed by atoms with Crippen molar-refractivity contribution in [1.82, 2.24) is 10.2 Å². The molecule has 1 N–H and O–H groups in total. The topological polar surface area (TPSA) is 80.2 Å². The van der Waals surface area contributed by atoms with Gasteiger partial charge in [-0.1, -0.05) is 35.5 Å². The molecule has 0 aromatic heterocycles. The van der Waals surface area contributed by atoms with Crippen LogP contribution in [0.5, 0.6) is 0 Å². The Morgan fingerprint density at radius 1 is 1.34 bits per heavy atom. The lowest BCUT2D eigenvalue weighted by atomic mass is 9.94. The summed E-state index contributed by atoms with van der Waals surface area (Å²) in [5.41, 5.74) is 2.73. The molecule has 1 saturated heterocycles. The van der Waals surface area contributed by atoms with Crippen LogP contribution in [0.4, 0.5) is 0 Å². The zero-order valence-corrected chi connectivity index (χ0v) is 19.7. The van der Waals surface area contributed by atoms with Crippen LogP contribution >= 0.6 is 23.4 Å². The van der Waals surface area contributed by atoms with Crippen molar-refractivity contribution >= 4 is 40.4 Å². The number of amidine groups is 1. The lowest BCUT2D eigenvalue weighted by Gasteiger charge is -2.36. The van der Waals surface area contributed by atoms with Gasteiger partial charge in [-0.05, 0) is 49.8 Å². The van der Waals surface area contributed by atoms with Crippen LogP contribution < -0.4 is 5.32 Å². The van der Waals surface area contributed by atoms with Gasteiger partial charge in [0.1, 0.15) is 0 Å². The van der Waals surface area contributed by atoms with Crippen LogP contribution in [-0.2, 0) is 19.1 Å². The second-order valence-electron chi connectivity index (χ2n) is 7.78. The number of benzene rings is 1. The van der Waals surface area contributed by atoms with E-state index in [0.29, 0.717) is 22.8 Å². The number of nitrogens with one attached hydrogen (secondary N) is 1. The Morgan fingerprint density at radius 2 is 2.12 bits per heavy atom. The number of carbonyl (C=O) groups is 2. The van der Waals surface area contributed by atoms with Gasteiger partial charge in [0.25, 0.3) is 0 Å². The van der Waals surface area contributed by atoms with E-state index in [-0.39, 0.29) is 25.0 Å². The lowest BCUT2D eigenvalue weighted by Crippen LogP contribution is -2.38. The van der Waals surface area contributed by atoms with Crippen LogP contribution in [0.2, 0.25) is 5.02 Å². The molecule has 170 valence electrons. The molecule has 7 nitrogen and oxygen atoms in total. The van der Waals surface area contributed by atoms with Gasteiger partial charge >= 0.3 is 5.97 Å². The quantitative estimate of drug-likeness (QED) is 0.596. The van der Waals surface area contributed by atoms with Crippen LogP contribution in [0, 0.1) is 0 Å². The zero-order valence-electron chi connectivity index (χ0n) is 18.1. The number of halogens is 1. The van der Waals surface area contributed by atoms with Gasteiger partial charge in [0.15, 0.2) is 5.17 Å². The third-order valence-corrected chi connectivity index (χ3v) is 6.72. The second kappa shape index (κ2) is 10.1. The number of allylic oxidation sites excluding steroid dienone is 1. The highest BCUT2D eigenvalue weighted by molar-refractivity contribution is 8.16. The summed E-state index contributed by atoms with van der Waals surface area (Å²) in [5, 5.41) is 6.24. The Hall–Kier alpha value is -2.29. The number of aliphatic imine (C=N–C) groups is 1. The van der Waals surface area contributed by atoms with E-state index in [1.807, 2.05) is 29.4 Å².